The van der Waals surface area contributed by atoms with E-state index in [4.69, 9.17) is 4.74 Å². The SMILES string of the molecule is C=C(CCCC)c1ccccc1COC(c1ccccc1)(c1ccccc1)c1ccccc1. The van der Waals surface area contributed by atoms with Crippen LogP contribution in [0.2, 0.25) is 0 Å². The van der Waals surface area contributed by atoms with Crippen LogP contribution in [0.5, 0.6) is 0 Å². The van der Waals surface area contributed by atoms with E-state index in [0.29, 0.717) is 6.61 Å². The van der Waals surface area contributed by atoms with Crippen molar-refractivity contribution in [2.45, 2.75) is 38.4 Å². The molecule has 0 aliphatic heterocycles. The molecule has 1 nitrogen and oxygen atoms in total. The van der Waals surface area contributed by atoms with Gasteiger partial charge in [0.05, 0.1) is 6.61 Å². The molecular weight excluding hydrogens is 400 g/mol. The Morgan fingerprint density at radius 2 is 1.12 bits per heavy atom. The van der Waals surface area contributed by atoms with Crippen molar-refractivity contribution in [2.24, 2.45) is 0 Å². The zero-order chi connectivity index (χ0) is 22.9. The number of allylic oxidation sites excluding steroid dienone is 1. The zero-order valence-electron chi connectivity index (χ0n) is 19.4. The molecule has 4 aromatic carbocycles. The Balaban J connectivity index is 1.80. The van der Waals surface area contributed by atoms with Gasteiger partial charge in [-0.1, -0.05) is 135 Å². The molecule has 1 heteroatoms. The molecule has 33 heavy (non-hydrogen) atoms. The summed E-state index contributed by atoms with van der Waals surface area (Å²) >= 11 is 0. The number of hydrogen-bond donors (Lipinski definition) is 0. The minimum atomic E-state index is -0.721. The summed E-state index contributed by atoms with van der Waals surface area (Å²) in [5.74, 6) is 0. The Hall–Kier alpha value is -3.42. The molecule has 4 rings (SSSR count). The number of benzene rings is 4. The predicted octanol–water partition coefficient (Wildman–Crippen LogP) is 8.40. The van der Waals surface area contributed by atoms with Gasteiger partial charge in [0.15, 0.2) is 0 Å². The lowest BCUT2D eigenvalue weighted by atomic mass is 9.80. The number of unbranched alkanes of at least 4 members (excludes halogenated alkanes) is 1. The first-order valence-corrected chi connectivity index (χ1v) is 11.8. The van der Waals surface area contributed by atoms with E-state index in [1.54, 1.807) is 0 Å². The molecule has 0 saturated carbocycles. The van der Waals surface area contributed by atoms with Gasteiger partial charge in [-0.15, -0.1) is 0 Å². The summed E-state index contributed by atoms with van der Waals surface area (Å²) in [4.78, 5) is 0. The fourth-order valence-corrected chi connectivity index (χ4v) is 4.47. The van der Waals surface area contributed by atoms with E-state index in [9.17, 15) is 0 Å². The highest BCUT2D eigenvalue weighted by molar-refractivity contribution is 5.66. The van der Waals surface area contributed by atoms with E-state index in [1.165, 1.54) is 16.7 Å². The van der Waals surface area contributed by atoms with Crippen molar-refractivity contribution in [1.29, 1.82) is 0 Å². The Kier molecular flexibility index (Phi) is 7.55. The fraction of sp³-hybridized carbons (Fsp3) is 0.188. The Morgan fingerprint density at radius 3 is 1.61 bits per heavy atom. The van der Waals surface area contributed by atoms with Crippen LogP contribution in [0.3, 0.4) is 0 Å². The Bertz CT molecular complexity index is 1050. The Labute approximate surface area is 198 Å². The second kappa shape index (κ2) is 10.9. The van der Waals surface area contributed by atoms with E-state index >= 15 is 0 Å². The van der Waals surface area contributed by atoms with Crippen LogP contribution in [0.1, 0.15) is 54.0 Å². The van der Waals surface area contributed by atoms with Gasteiger partial charge in [-0.25, -0.2) is 0 Å². The maximum Gasteiger partial charge on any atom is 0.144 e. The average molecular weight is 433 g/mol. The third-order valence-corrected chi connectivity index (χ3v) is 6.22. The molecule has 0 N–H and O–H groups in total. The minimum Gasteiger partial charge on any atom is -0.356 e. The second-order valence-corrected chi connectivity index (χ2v) is 8.43. The molecule has 0 fully saturated rings. The highest BCUT2D eigenvalue weighted by Gasteiger charge is 2.37. The molecule has 0 heterocycles. The lowest BCUT2D eigenvalue weighted by molar-refractivity contribution is 0.000143. The van der Waals surface area contributed by atoms with Crippen LogP contribution in [-0.4, -0.2) is 0 Å². The lowest BCUT2D eigenvalue weighted by Gasteiger charge is -2.36. The zero-order valence-corrected chi connectivity index (χ0v) is 19.4. The van der Waals surface area contributed by atoms with Gasteiger partial charge in [-0.05, 0) is 46.2 Å². The highest BCUT2D eigenvalue weighted by atomic mass is 16.5. The van der Waals surface area contributed by atoms with Crippen molar-refractivity contribution in [2.75, 3.05) is 0 Å². The maximum absolute atomic E-state index is 7.03. The van der Waals surface area contributed by atoms with Crippen LogP contribution in [0.4, 0.5) is 0 Å². The van der Waals surface area contributed by atoms with Crippen LogP contribution >= 0.6 is 0 Å². The maximum atomic E-state index is 7.03. The molecule has 0 bridgehead atoms. The van der Waals surface area contributed by atoms with E-state index in [-0.39, 0.29) is 0 Å². The van der Waals surface area contributed by atoms with Gasteiger partial charge in [0.1, 0.15) is 5.60 Å². The summed E-state index contributed by atoms with van der Waals surface area (Å²) in [6, 6.07) is 40.1. The smallest absolute Gasteiger partial charge is 0.144 e. The van der Waals surface area contributed by atoms with Crippen molar-refractivity contribution >= 4 is 5.57 Å². The van der Waals surface area contributed by atoms with Gasteiger partial charge < -0.3 is 4.74 Å². The van der Waals surface area contributed by atoms with Crippen LogP contribution in [0.15, 0.2) is 122 Å². The summed E-state index contributed by atoms with van der Waals surface area (Å²) in [5, 5.41) is 0. The molecule has 0 amide bonds. The molecule has 0 aliphatic carbocycles. The van der Waals surface area contributed by atoms with Crippen LogP contribution in [0.25, 0.3) is 5.57 Å². The first-order valence-electron chi connectivity index (χ1n) is 11.8. The van der Waals surface area contributed by atoms with Gasteiger partial charge in [0, 0.05) is 0 Å². The third kappa shape index (κ3) is 4.99. The van der Waals surface area contributed by atoms with Crippen LogP contribution < -0.4 is 0 Å². The molecule has 0 saturated heterocycles. The first kappa shape index (κ1) is 22.8. The molecule has 0 spiro atoms. The molecule has 4 aromatic rings. The summed E-state index contributed by atoms with van der Waals surface area (Å²) in [5.41, 5.74) is 6.18. The minimum absolute atomic E-state index is 0.486. The summed E-state index contributed by atoms with van der Waals surface area (Å²) in [7, 11) is 0. The van der Waals surface area contributed by atoms with Crippen molar-refractivity contribution in [3.8, 4) is 0 Å². The third-order valence-electron chi connectivity index (χ3n) is 6.22. The van der Waals surface area contributed by atoms with E-state index in [2.05, 4.69) is 129 Å². The van der Waals surface area contributed by atoms with Gasteiger partial charge in [0.2, 0.25) is 0 Å². The molecule has 0 aliphatic rings. The van der Waals surface area contributed by atoms with Crippen LogP contribution in [0, 0.1) is 0 Å². The monoisotopic (exact) mass is 432 g/mol. The number of ether oxygens (including phenoxy) is 1. The van der Waals surface area contributed by atoms with Gasteiger partial charge in [-0.2, -0.15) is 0 Å². The molecule has 0 unspecified atom stereocenters. The van der Waals surface area contributed by atoms with Crippen molar-refractivity contribution < 1.29 is 4.74 Å². The lowest BCUT2D eigenvalue weighted by Crippen LogP contribution is -2.32. The van der Waals surface area contributed by atoms with E-state index in [1.807, 2.05) is 0 Å². The largest absolute Gasteiger partial charge is 0.356 e. The molecular formula is C32H32O. The quantitative estimate of drug-likeness (QED) is 0.229. The number of rotatable bonds is 10. The summed E-state index contributed by atoms with van der Waals surface area (Å²) < 4.78 is 7.03. The molecule has 0 radical (unpaired) electrons. The standard InChI is InChI=1S/C32H32O/c1-3-4-16-26(2)31-24-15-14-17-27(31)25-33-32(28-18-8-5-9-19-28,29-20-10-6-11-21-29)30-22-12-7-13-23-30/h5-15,17-24H,2-4,16,25H2,1H3. The fourth-order valence-electron chi connectivity index (χ4n) is 4.47. The summed E-state index contributed by atoms with van der Waals surface area (Å²) in [6.07, 6.45) is 3.32. The molecule has 0 atom stereocenters. The van der Waals surface area contributed by atoms with Crippen LogP contribution in [-0.2, 0) is 16.9 Å². The van der Waals surface area contributed by atoms with E-state index < -0.39 is 5.60 Å². The van der Waals surface area contributed by atoms with E-state index in [0.717, 1.165) is 36.0 Å². The van der Waals surface area contributed by atoms with Crippen molar-refractivity contribution in [3.63, 3.8) is 0 Å². The molecule has 166 valence electrons. The first-order chi connectivity index (χ1) is 16.3. The predicted molar refractivity (Wildman–Crippen MR) is 139 cm³/mol. The van der Waals surface area contributed by atoms with Crippen molar-refractivity contribution in [1.82, 2.24) is 0 Å². The normalized spacial score (nSPS) is 11.3. The van der Waals surface area contributed by atoms with Gasteiger partial charge in [-0.3, -0.25) is 0 Å². The van der Waals surface area contributed by atoms with Gasteiger partial charge in [0.25, 0.3) is 0 Å². The van der Waals surface area contributed by atoms with Crippen molar-refractivity contribution in [3.05, 3.63) is 150 Å². The number of hydrogen-bond acceptors (Lipinski definition) is 1. The second-order valence-electron chi connectivity index (χ2n) is 8.43. The molecule has 0 aromatic heterocycles. The average Bonchev–Trinajstić information content (AvgIpc) is 2.90. The van der Waals surface area contributed by atoms with Gasteiger partial charge >= 0.3 is 0 Å². The summed E-state index contributed by atoms with van der Waals surface area (Å²) in [6.45, 7) is 7.09. The Morgan fingerprint density at radius 1 is 0.667 bits per heavy atom. The highest BCUT2D eigenvalue weighted by Crippen LogP contribution is 2.41. The topological polar surface area (TPSA) is 9.23 Å².